The number of benzene rings is 3. The molecule has 0 aliphatic heterocycles. The number of hydrogen-bond acceptors (Lipinski definition) is 2. The van der Waals surface area contributed by atoms with E-state index in [0.29, 0.717) is 40.3 Å². The number of alkyl halides is 3. The van der Waals surface area contributed by atoms with Gasteiger partial charge < -0.3 is 5.32 Å². The molecule has 0 bridgehead atoms. The van der Waals surface area contributed by atoms with Gasteiger partial charge in [-0.15, -0.1) is 0 Å². The van der Waals surface area contributed by atoms with Crippen LogP contribution in [0.25, 0.3) is 11.1 Å². The van der Waals surface area contributed by atoms with Gasteiger partial charge in [0.25, 0.3) is 0 Å². The van der Waals surface area contributed by atoms with E-state index in [9.17, 15) is 26.7 Å². The zero-order valence-electron chi connectivity index (χ0n) is 19.8. The van der Waals surface area contributed by atoms with Crippen molar-refractivity contribution in [3.8, 4) is 11.1 Å². The largest absolute Gasteiger partial charge is 0.416 e. The molecule has 0 aliphatic rings. The summed E-state index contributed by atoms with van der Waals surface area (Å²) < 4.78 is 66.9. The summed E-state index contributed by atoms with van der Waals surface area (Å²) >= 11 is 0. The molecule has 1 unspecified atom stereocenters. The topological polar surface area (TPSA) is 29.1 Å². The van der Waals surface area contributed by atoms with E-state index in [-0.39, 0.29) is 12.2 Å². The lowest BCUT2D eigenvalue weighted by molar-refractivity contribution is -0.137. The zero-order valence-corrected chi connectivity index (χ0v) is 19.8. The van der Waals surface area contributed by atoms with Crippen molar-refractivity contribution < 1.29 is 26.7 Å². The lowest BCUT2D eigenvalue weighted by Crippen LogP contribution is -2.13. The molecule has 1 N–H and O–H groups in total. The van der Waals surface area contributed by atoms with E-state index >= 15 is 0 Å². The van der Waals surface area contributed by atoms with Crippen LogP contribution < -0.4 is 5.32 Å². The lowest BCUT2D eigenvalue weighted by atomic mass is 9.95. The van der Waals surface area contributed by atoms with E-state index in [1.54, 1.807) is 18.2 Å². The Bertz CT molecular complexity index is 1150. The first-order chi connectivity index (χ1) is 16.4. The van der Waals surface area contributed by atoms with Crippen LogP contribution in [0.5, 0.6) is 0 Å². The van der Waals surface area contributed by atoms with Crippen LogP contribution in [0.15, 0.2) is 60.7 Å². The average molecular weight is 490 g/mol. The molecule has 0 fully saturated rings. The maximum absolute atomic E-state index is 14.0. The summed E-state index contributed by atoms with van der Waals surface area (Å²) in [6.45, 7) is 5.57. The molecule has 0 saturated carbocycles. The van der Waals surface area contributed by atoms with Crippen LogP contribution in [0.4, 0.5) is 27.6 Å². The molecule has 186 valence electrons. The molecule has 0 saturated heterocycles. The van der Waals surface area contributed by atoms with Crippen LogP contribution >= 0.6 is 0 Å². The van der Waals surface area contributed by atoms with E-state index in [4.69, 9.17) is 0 Å². The second kappa shape index (κ2) is 11.0. The van der Waals surface area contributed by atoms with E-state index in [1.165, 1.54) is 31.2 Å². The third-order valence-electron chi connectivity index (χ3n) is 5.65. The van der Waals surface area contributed by atoms with E-state index in [2.05, 4.69) is 19.2 Å². The van der Waals surface area contributed by atoms with Crippen molar-refractivity contribution in [2.75, 3.05) is 5.32 Å². The summed E-state index contributed by atoms with van der Waals surface area (Å²) in [7, 11) is 0. The van der Waals surface area contributed by atoms with Gasteiger partial charge in [-0.05, 0) is 84.3 Å². The highest BCUT2D eigenvalue weighted by molar-refractivity contribution is 5.80. The first-order valence-electron chi connectivity index (χ1n) is 11.4. The van der Waals surface area contributed by atoms with Crippen LogP contribution in [0.3, 0.4) is 0 Å². The molecular formula is C28H28F5NO. The monoisotopic (exact) mass is 489 g/mol. The fourth-order valence-electron chi connectivity index (χ4n) is 3.98. The fraction of sp³-hybridized carbons (Fsp3) is 0.321. The number of Topliss-reactive ketones (excluding diaryl/α,β-unsaturated/α-hetero) is 1. The Balaban J connectivity index is 2.01. The van der Waals surface area contributed by atoms with Gasteiger partial charge in [0.2, 0.25) is 0 Å². The highest BCUT2D eigenvalue weighted by Gasteiger charge is 2.30. The maximum Gasteiger partial charge on any atom is 0.416 e. The van der Waals surface area contributed by atoms with Crippen molar-refractivity contribution in [2.24, 2.45) is 5.92 Å². The second-order valence-electron chi connectivity index (χ2n) is 9.24. The van der Waals surface area contributed by atoms with Crippen molar-refractivity contribution in [3.63, 3.8) is 0 Å². The summed E-state index contributed by atoms with van der Waals surface area (Å²) in [6.07, 6.45) is -2.89. The van der Waals surface area contributed by atoms with Gasteiger partial charge in [0.05, 0.1) is 11.6 Å². The average Bonchev–Trinajstić information content (AvgIpc) is 2.74. The minimum absolute atomic E-state index is 0.0657. The Morgan fingerprint density at radius 3 is 2.03 bits per heavy atom. The zero-order chi connectivity index (χ0) is 25.8. The smallest absolute Gasteiger partial charge is 0.378 e. The Morgan fingerprint density at radius 1 is 0.857 bits per heavy atom. The number of halogens is 5. The molecule has 2 nitrogen and oxygen atoms in total. The van der Waals surface area contributed by atoms with Crippen LogP contribution in [-0.2, 0) is 17.4 Å². The Hall–Kier alpha value is -3.22. The maximum atomic E-state index is 14.0. The summed E-state index contributed by atoms with van der Waals surface area (Å²) in [5.41, 5.74) is 2.19. The van der Waals surface area contributed by atoms with Gasteiger partial charge in [-0.3, -0.25) is 4.79 Å². The van der Waals surface area contributed by atoms with Gasteiger partial charge >= 0.3 is 6.18 Å². The molecule has 0 amide bonds. The first kappa shape index (κ1) is 26.4. The van der Waals surface area contributed by atoms with Gasteiger partial charge in [-0.25, -0.2) is 8.78 Å². The molecule has 3 rings (SSSR count). The molecule has 1 atom stereocenters. The SMILES string of the molecule is CC(=O)Cc1cc(NC(CCC(C)C)c2cc(F)cc(F)c2)cc(-c2ccc(C(F)(F)F)cc2)c1. The predicted molar refractivity (Wildman–Crippen MR) is 128 cm³/mol. The van der Waals surface area contributed by atoms with Crippen LogP contribution in [0, 0.1) is 17.6 Å². The number of hydrogen-bond donors (Lipinski definition) is 1. The molecule has 3 aromatic carbocycles. The summed E-state index contributed by atoms with van der Waals surface area (Å²) in [4.78, 5) is 11.8. The molecule has 0 aromatic heterocycles. The molecule has 0 spiro atoms. The predicted octanol–water partition coefficient (Wildman–Crippen LogP) is 8.37. The van der Waals surface area contributed by atoms with Crippen molar-refractivity contribution in [2.45, 2.75) is 52.3 Å². The van der Waals surface area contributed by atoms with Gasteiger partial charge in [-0.1, -0.05) is 32.0 Å². The highest BCUT2D eigenvalue weighted by atomic mass is 19.4. The summed E-state index contributed by atoms with van der Waals surface area (Å²) in [6, 6.07) is 13.1. The standard InChI is InChI=1S/C28H28F5NO/c1-17(2)4-9-27(22-13-24(29)16-25(30)14-22)34-26-12-19(10-18(3)35)11-21(15-26)20-5-7-23(8-6-20)28(31,32)33/h5-8,11-17,27,34H,4,9-10H2,1-3H3. The quantitative estimate of drug-likeness (QED) is 0.306. The Labute approximate surface area is 202 Å². The molecule has 3 aromatic rings. The van der Waals surface area contributed by atoms with Gasteiger partial charge in [0.15, 0.2) is 0 Å². The number of carbonyl (C=O) groups is 1. The van der Waals surface area contributed by atoms with Crippen molar-refractivity contribution in [3.05, 3.63) is 89.0 Å². The van der Waals surface area contributed by atoms with Crippen LogP contribution in [0.2, 0.25) is 0 Å². The number of nitrogens with one attached hydrogen (secondary N) is 1. The van der Waals surface area contributed by atoms with Crippen molar-refractivity contribution >= 4 is 11.5 Å². The lowest BCUT2D eigenvalue weighted by Gasteiger charge is -2.23. The fourth-order valence-corrected chi connectivity index (χ4v) is 3.98. The van der Waals surface area contributed by atoms with Gasteiger partial charge in [0.1, 0.15) is 17.4 Å². The van der Waals surface area contributed by atoms with E-state index < -0.39 is 29.4 Å². The Kier molecular flexibility index (Phi) is 8.30. The minimum atomic E-state index is -4.44. The second-order valence-corrected chi connectivity index (χ2v) is 9.24. The highest BCUT2D eigenvalue weighted by Crippen LogP contribution is 2.34. The Morgan fingerprint density at radius 2 is 1.49 bits per heavy atom. The van der Waals surface area contributed by atoms with Crippen LogP contribution in [-0.4, -0.2) is 5.78 Å². The molecular weight excluding hydrogens is 461 g/mol. The van der Waals surface area contributed by atoms with Crippen molar-refractivity contribution in [1.82, 2.24) is 0 Å². The molecule has 7 heteroatoms. The number of carbonyl (C=O) groups excluding carboxylic acids is 1. The molecule has 0 aliphatic carbocycles. The van der Waals surface area contributed by atoms with E-state index in [0.717, 1.165) is 24.6 Å². The first-order valence-corrected chi connectivity index (χ1v) is 11.4. The number of ketones is 1. The third kappa shape index (κ3) is 7.64. The van der Waals surface area contributed by atoms with Crippen molar-refractivity contribution in [1.29, 1.82) is 0 Å². The third-order valence-corrected chi connectivity index (χ3v) is 5.65. The van der Waals surface area contributed by atoms with Gasteiger partial charge in [-0.2, -0.15) is 13.2 Å². The van der Waals surface area contributed by atoms with E-state index in [1.807, 2.05) is 0 Å². The summed E-state index contributed by atoms with van der Waals surface area (Å²) in [5, 5.41) is 3.34. The normalized spacial score (nSPS) is 12.6. The van der Waals surface area contributed by atoms with Crippen LogP contribution in [0.1, 0.15) is 56.3 Å². The molecule has 35 heavy (non-hydrogen) atoms. The minimum Gasteiger partial charge on any atom is -0.378 e. The molecule has 0 radical (unpaired) electrons. The summed E-state index contributed by atoms with van der Waals surface area (Å²) in [5.74, 6) is -1.05. The number of anilines is 1. The van der Waals surface area contributed by atoms with Gasteiger partial charge in [0, 0.05) is 18.2 Å². The molecule has 0 heterocycles. The number of rotatable bonds is 9.